The van der Waals surface area contributed by atoms with Gasteiger partial charge in [-0.2, -0.15) is 0 Å². The van der Waals surface area contributed by atoms with Crippen molar-refractivity contribution in [3.8, 4) is 0 Å². The monoisotopic (exact) mass is 180 g/mol. The normalized spacial score (nSPS) is 37.0. The predicted molar refractivity (Wildman–Crippen MR) is 48.5 cm³/mol. The van der Waals surface area contributed by atoms with E-state index in [9.17, 15) is 10.1 Å². The summed E-state index contributed by atoms with van der Waals surface area (Å²) in [6, 6.07) is 0. The van der Waals surface area contributed by atoms with E-state index in [0.29, 0.717) is 5.92 Å². The molecule has 2 aliphatic carbocycles. The Morgan fingerprint density at radius 2 is 2.46 bits per heavy atom. The summed E-state index contributed by atoms with van der Waals surface area (Å²) in [6.07, 6.45) is 8.19. The smallest absolute Gasteiger partial charge is 0.262 e. The summed E-state index contributed by atoms with van der Waals surface area (Å²) < 4.78 is 0. The van der Waals surface area contributed by atoms with Gasteiger partial charge in [-0.1, -0.05) is 11.6 Å². The zero-order chi connectivity index (χ0) is 9.47. The van der Waals surface area contributed by atoms with Crippen LogP contribution in [0.5, 0.6) is 0 Å². The highest BCUT2D eigenvalue weighted by Crippen LogP contribution is 2.36. The molecular formula is C9H12N2O2. The van der Waals surface area contributed by atoms with E-state index in [0.717, 1.165) is 24.8 Å². The molecule has 1 fully saturated rings. The first-order valence-electron chi connectivity index (χ1n) is 4.46. The minimum atomic E-state index is -1.45. The maximum absolute atomic E-state index is 10.6. The molecule has 0 heterocycles. The molecule has 4 nitrogen and oxygen atoms in total. The number of allylic oxidation sites excluding steroid dienone is 2. The Balaban J connectivity index is 2.32. The predicted octanol–water partition coefficient (Wildman–Crippen LogP) is 1.21. The molecule has 2 aliphatic rings. The zero-order valence-electron chi connectivity index (χ0n) is 7.27. The van der Waals surface area contributed by atoms with E-state index in [4.69, 9.17) is 5.73 Å². The molecule has 70 valence electrons. The quantitative estimate of drug-likeness (QED) is 0.285. The maximum atomic E-state index is 10.6. The van der Waals surface area contributed by atoms with Crippen LogP contribution in [0.4, 0.5) is 0 Å². The molecule has 0 aromatic carbocycles. The van der Waals surface area contributed by atoms with E-state index < -0.39 is 10.6 Å². The number of fused-ring (bicyclic) bond motifs is 1. The molecule has 0 aliphatic heterocycles. The highest BCUT2D eigenvalue weighted by Gasteiger charge is 2.38. The second-order valence-corrected chi connectivity index (χ2v) is 3.72. The Morgan fingerprint density at radius 1 is 1.69 bits per heavy atom. The SMILES string of the molecule is NC1([N+](=O)[O-])C=CC2CCCC2=C1. The Morgan fingerprint density at radius 3 is 3.15 bits per heavy atom. The largest absolute Gasteiger partial charge is 0.310 e. The summed E-state index contributed by atoms with van der Waals surface area (Å²) in [5.74, 6) is 0.414. The standard InChI is InChI=1S/C9H12N2O2/c10-9(11(12)13)5-4-7-2-1-3-8(7)6-9/h4-7H,1-3,10H2. The number of hydrogen-bond donors (Lipinski definition) is 1. The minimum absolute atomic E-state index is 0.414. The Labute approximate surface area is 76.3 Å². The van der Waals surface area contributed by atoms with Crippen molar-refractivity contribution in [2.24, 2.45) is 11.7 Å². The van der Waals surface area contributed by atoms with Gasteiger partial charge in [0.25, 0.3) is 0 Å². The molecule has 1 saturated carbocycles. The van der Waals surface area contributed by atoms with Gasteiger partial charge in [-0.25, -0.2) is 0 Å². The first kappa shape index (κ1) is 8.44. The van der Waals surface area contributed by atoms with Gasteiger partial charge in [-0.05, 0) is 25.2 Å². The number of nitrogens with zero attached hydrogens (tertiary/aromatic N) is 1. The maximum Gasteiger partial charge on any atom is 0.310 e. The number of nitrogens with two attached hydrogens (primary N) is 1. The van der Waals surface area contributed by atoms with Crippen LogP contribution in [0.3, 0.4) is 0 Å². The lowest BCUT2D eigenvalue weighted by Gasteiger charge is -2.20. The lowest BCUT2D eigenvalue weighted by molar-refractivity contribution is -0.539. The highest BCUT2D eigenvalue weighted by atomic mass is 16.6. The van der Waals surface area contributed by atoms with Crippen molar-refractivity contribution in [2.75, 3.05) is 0 Å². The fourth-order valence-corrected chi connectivity index (χ4v) is 2.02. The third kappa shape index (κ3) is 1.27. The van der Waals surface area contributed by atoms with E-state index >= 15 is 0 Å². The van der Waals surface area contributed by atoms with Crippen molar-refractivity contribution in [1.29, 1.82) is 0 Å². The van der Waals surface area contributed by atoms with Gasteiger partial charge in [0.15, 0.2) is 0 Å². The molecule has 0 spiro atoms. The molecule has 0 saturated heterocycles. The van der Waals surface area contributed by atoms with Crippen LogP contribution in [0, 0.1) is 16.0 Å². The molecule has 2 N–H and O–H groups in total. The molecule has 2 unspecified atom stereocenters. The molecule has 13 heavy (non-hydrogen) atoms. The van der Waals surface area contributed by atoms with Crippen LogP contribution in [-0.2, 0) is 0 Å². The van der Waals surface area contributed by atoms with Crippen molar-refractivity contribution in [1.82, 2.24) is 0 Å². The van der Waals surface area contributed by atoms with Crippen molar-refractivity contribution < 1.29 is 4.92 Å². The number of nitro groups is 1. The van der Waals surface area contributed by atoms with Crippen molar-refractivity contribution in [3.05, 3.63) is 33.9 Å². The zero-order valence-corrected chi connectivity index (χ0v) is 7.27. The summed E-state index contributed by atoms with van der Waals surface area (Å²) in [7, 11) is 0. The average Bonchev–Trinajstić information content (AvgIpc) is 2.50. The molecule has 2 atom stereocenters. The lowest BCUT2D eigenvalue weighted by atomic mass is 9.91. The second-order valence-electron chi connectivity index (χ2n) is 3.72. The van der Waals surface area contributed by atoms with E-state index in [1.807, 2.05) is 6.08 Å². The van der Waals surface area contributed by atoms with Gasteiger partial charge in [-0.15, -0.1) is 0 Å². The van der Waals surface area contributed by atoms with E-state index in [1.54, 1.807) is 6.08 Å². The van der Waals surface area contributed by atoms with Gasteiger partial charge in [0.1, 0.15) is 0 Å². The molecule has 0 bridgehead atoms. The lowest BCUT2D eigenvalue weighted by Crippen LogP contribution is -2.45. The van der Waals surface area contributed by atoms with Crippen molar-refractivity contribution in [2.45, 2.75) is 24.9 Å². The number of rotatable bonds is 1. The van der Waals surface area contributed by atoms with Crippen LogP contribution in [0.2, 0.25) is 0 Å². The van der Waals surface area contributed by atoms with Gasteiger partial charge in [0.05, 0.1) is 4.92 Å². The Hall–Kier alpha value is -1.16. The van der Waals surface area contributed by atoms with E-state index in [2.05, 4.69) is 0 Å². The van der Waals surface area contributed by atoms with Crippen LogP contribution in [0.15, 0.2) is 23.8 Å². The first-order valence-corrected chi connectivity index (χ1v) is 4.46. The van der Waals surface area contributed by atoms with Gasteiger partial charge in [-0.3, -0.25) is 15.8 Å². The molecule has 2 rings (SSSR count). The molecule has 0 amide bonds. The van der Waals surface area contributed by atoms with Crippen LogP contribution in [0.1, 0.15) is 19.3 Å². The summed E-state index contributed by atoms with van der Waals surface area (Å²) in [4.78, 5) is 10.2. The van der Waals surface area contributed by atoms with Gasteiger partial charge in [0.2, 0.25) is 0 Å². The van der Waals surface area contributed by atoms with E-state index in [-0.39, 0.29) is 0 Å². The molecule has 0 aromatic heterocycles. The van der Waals surface area contributed by atoms with Crippen LogP contribution in [0.25, 0.3) is 0 Å². The van der Waals surface area contributed by atoms with Gasteiger partial charge in [0, 0.05) is 12.2 Å². The third-order valence-corrected chi connectivity index (χ3v) is 2.79. The Bertz CT molecular complexity index is 309. The topological polar surface area (TPSA) is 69.2 Å². The van der Waals surface area contributed by atoms with Gasteiger partial charge >= 0.3 is 5.66 Å². The summed E-state index contributed by atoms with van der Waals surface area (Å²) in [5, 5.41) is 10.6. The second kappa shape index (κ2) is 2.67. The summed E-state index contributed by atoms with van der Waals surface area (Å²) in [5.41, 5.74) is 5.29. The fraction of sp³-hybridized carbons (Fsp3) is 0.556. The minimum Gasteiger partial charge on any atom is -0.262 e. The van der Waals surface area contributed by atoms with Crippen LogP contribution < -0.4 is 5.73 Å². The fourth-order valence-electron chi connectivity index (χ4n) is 2.02. The first-order chi connectivity index (χ1) is 6.12. The number of hydrogen-bond acceptors (Lipinski definition) is 3. The Kier molecular flexibility index (Phi) is 1.73. The molecular weight excluding hydrogens is 168 g/mol. The molecule has 4 heteroatoms. The average molecular weight is 180 g/mol. The molecule has 0 radical (unpaired) electrons. The van der Waals surface area contributed by atoms with E-state index in [1.165, 1.54) is 6.08 Å². The van der Waals surface area contributed by atoms with Crippen LogP contribution >= 0.6 is 0 Å². The summed E-state index contributed by atoms with van der Waals surface area (Å²) >= 11 is 0. The third-order valence-electron chi connectivity index (χ3n) is 2.79. The van der Waals surface area contributed by atoms with Crippen molar-refractivity contribution in [3.63, 3.8) is 0 Å². The van der Waals surface area contributed by atoms with Crippen LogP contribution in [-0.4, -0.2) is 10.6 Å². The van der Waals surface area contributed by atoms with Gasteiger partial charge < -0.3 is 0 Å². The summed E-state index contributed by atoms with van der Waals surface area (Å²) in [6.45, 7) is 0. The highest BCUT2D eigenvalue weighted by molar-refractivity contribution is 5.30. The molecule has 0 aromatic rings. The van der Waals surface area contributed by atoms with Crippen molar-refractivity contribution >= 4 is 0 Å².